The van der Waals surface area contributed by atoms with Gasteiger partial charge in [0.1, 0.15) is 0 Å². The SMILES string of the molecule is CCN(CC)C(=O)CC(N)c1cccc(C)c1. The van der Waals surface area contributed by atoms with Crippen LogP contribution in [0.2, 0.25) is 0 Å². The third-order valence-corrected chi connectivity index (χ3v) is 2.98. The van der Waals surface area contributed by atoms with Crippen molar-refractivity contribution in [3.63, 3.8) is 0 Å². The molecule has 0 aliphatic carbocycles. The minimum Gasteiger partial charge on any atom is -0.343 e. The number of carbonyl (C=O) groups excluding carboxylic acids is 1. The Morgan fingerprint density at radius 3 is 2.53 bits per heavy atom. The standard InChI is InChI=1S/C14H22N2O/c1-4-16(5-2)14(17)10-13(15)12-8-6-7-11(3)9-12/h6-9,13H,4-5,10,15H2,1-3H3. The van der Waals surface area contributed by atoms with Crippen LogP contribution in [0.5, 0.6) is 0 Å². The molecule has 3 heteroatoms. The topological polar surface area (TPSA) is 46.3 Å². The first-order chi connectivity index (χ1) is 8.08. The number of rotatable bonds is 5. The Balaban J connectivity index is 2.66. The highest BCUT2D eigenvalue weighted by Gasteiger charge is 2.15. The number of nitrogens with zero attached hydrogens (tertiary/aromatic N) is 1. The van der Waals surface area contributed by atoms with Gasteiger partial charge in [-0.1, -0.05) is 29.8 Å². The van der Waals surface area contributed by atoms with Crippen molar-refractivity contribution in [2.75, 3.05) is 13.1 Å². The summed E-state index contributed by atoms with van der Waals surface area (Å²) in [5, 5.41) is 0. The van der Waals surface area contributed by atoms with Gasteiger partial charge in [-0.2, -0.15) is 0 Å². The molecule has 17 heavy (non-hydrogen) atoms. The van der Waals surface area contributed by atoms with Crippen molar-refractivity contribution < 1.29 is 4.79 Å². The second-order valence-electron chi connectivity index (χ2n) is 4.29. The lowest BCUT2D eigenvalue weighted by atomic mass is 10.0. The van der Waals surface area contributed by atoms with Crippen molar-refractivity contribution >= 4 is 5.91 Å². The van der Waals surface area contributed by atoms with Gasteiger partial charge in [0, 0.05) is 25.6 Å². The molecule has 0 aliphatic rings. The van der Waals surface area contributed by atoms with Gasteiger partial charge in [0.25, 0.3) is 0 Å². The van der Waals surface area contributed by atoms with Crippen LogP contribution >= 0.6 is 0 Å². The zero-order chi connectivity index (χ0) is 12.8. The van der Waals surface area contributed by atoms with Crippen molar-refractivity contribution in [3.05, 3.63) is 35.4 Å². The van der Waals surface area contributed by atoms with E-state index in [0.717, 1.165) is 18.7 Å². The van der Waals surface area contributed by atoms with Crippen LogP contribution in [-0.2, 0) is 4.79 Å². The van der Waals surface area contributed by atoms with E-state index < -0.39 is 0 Å². The maximum Gasteiger partial charge on any atom is 0.224 e. The van der Waals surface area contributed by atoms with Crippen LogP contribution in [-0.4, -0.2) is 23.9 Å². The summed E-state index contributed by atoms with van der Waals surface area (Å²) in [7, 11) is 0. The van der Waals surface area contributed by atoms with Gasteiger partial charge in [-0.3, -0.25) is 4.79 Å². The van der Waals surface area contributed by atoms with Crippen LogP contribution in [0.3, 0.4) is 0 Å². The Morgan fingerprint density at radius 2 is 2.00 bits per heavy atom. The highest BCUT2D eigenvalue weighted by Crippen LogP contribution is 2.16. The number of benzene rings is 1. The zero-order valence-corrected chi connectivity index (χ0v) is 10.9. The van der Waals surface area contributed by atoms with E-state index >= 15 is 0 Å². The van der Waals surface area contributed by atoms with Crippen LogP contribution in [0.1, 0.15) is 37.4 Å². The average molecular weight is 234 g/mol. The molecule has 0 saturated carbocycles. The number of hydrogen-bond acceptors (Lipinski definition) is 2. The van der Waals surface area contributed by atoms with Crippen molar-refractivity contribution in [1.29, 1.82) is 0 Å². The lowest BCUT2D eigenvalue weighted by Gasteiger charge is -2.21. The summed E-state index contributed by atoms with van der Waals surface area (Å²) in [6, 6.07) is 7.82. The molecule has 1 rings (SSSR count). The predicted molar refractivity (Wildman–Crippen MR) is 70.7 cm³/mol. The minimum atomic E-state index is -0.206. The molecule has 0 radical (unpaired) electrons. The van der Waals surface area contributed by atoms with Gasteiger partial charge in [-0.05, 0) is 26.3 Å². The van der Waals surface area contributed by atoms with E-state index in [9.17, 15) is 4.79 Å². The highest BCUT2D eigenvalue weighted by molar-refractivity contribution is 5.77. The van der Waals surface area contributed by atoms with E-state index in [1.807, 2.05) is 49.9 Å². The summed E-state index contributed by atoms with van der Waals surface area (Å²) in [6.45, 7) is 7.49. The van der Waals surface area contributed by atoms with Gasteiger partial charge >= 0.3 is 0 Å². The number of hydrogen-bond donors (Lipinski definition) is 1. The molecule has 0 aromatic heterocycles. The van der Waals surface area contributed by atoms with Gasteiger partial charge in [0.05, 0.1) is 0 Å². The summed E-state index contributed by atoms with van der Waals surface area (Å²) < 4.78 is 0. The maximum atomic E-state index is 11.9. The van der Waals surface area contributed by atoms with E-state index in [0.29, 0.717) is 6.42 Å². The molecule has 0 saturated heterocycles. The lowest BCUT2D eigenvalue weighted by molar-refractivity contribution is -0.131. The molecule has 1 aromatic carbocycles. The highest BCUT2D eigenvalue weighted by atomic mass is 16.2. The van der Waals surface area contributed by atoms with E-state index in [2.05, 4.69) is 0 Å². The molecular weight excluding hydrogens is 212 g/mol. The number of amides is 1. The van der Waals surface area contributed by atoms with Crippen molar-refractivity contribution in [2.24, 2.45) is 5.73 Å². The molecule has 0 aliphatic heterocycles. The molecule has 0 bridgehead atoms. The fourth-order valence-corrected chi connectivity index (χ4v) is 1.91. The molecule has 1 amide bonds. The Bertz CT molecular complexity index is 372. The van der Waals surface area contributed by atoms with Gasteiger partial charge in [-0.15, -0.1) is 0 Å². The fraction of sp³-hybridized carbons (Fsp3) is 0.500. The summed E-state index contributed by atoms with van der Waals surface area (Å²) in [5.41, 5.74) is 8.27. The van der Waals surface area contributed by atoms with E-state index in [-0.39, 0.29) is 11.9 Å². The van der Waals surface area contributed by atoms with E-state index in [1.165, 1.54) is 5.56 Å². The summed E-state index contributed by atoms with van der Waals surface area (Å²) in [5.74, 6) is 0.129. The number of carbonyl (C=O) groups is 1. The normalized spacial score (nSPS) is 12.2. The summed E-state index contributed by atoms with van der Waals surface area (Å²) in [6.07, 6.45) is 0.380. The molecule has 94 valence electrons. The van der Waals surface area contributed by atoms with Crippen molar-refractivity contribution in [3.8, 4) is 0 Å². The van der Waals surface area contributed by atoms with E-state index in [4.69, 9.17) is 5.73 Å². The van der Waals surface area contributed by atoms with Crippen LogP contribution in [0.4, 0.5) is 0 Å². The van der Waals surface area contributed by atoms with Crippen LogP contribution in [0.25, 0.3) is 0 Å². The third-order valence-electron chi connectivity index (χ3n) is 2.98. The maximum absolute atomic E-state index is 11.9. The molecule has 0 fully saturated rings. The van der Waals surface area contributed by atoms with Gasteiger partial charge in [-0.25, -0.2) is 0 Å². The Kier molecular flexibility index (Phi) is 5.16. The molecule has 0 heterocycles. The molecule has 1 aromatic rings. The van der Waals surface area contributed by atoms with Gasteiger partial charge < -0.3 is 10.6 Å². The molecule has 1 unspecified atom stereocenters. The van der Waals surface area contributed by atoms with Crippen LogP contribution in [0.15, 0.2) is 24.3 Å². The van der Waals surface area contributed by atoms with E-state index in [1.54, 1.807) is 0 Å². The van der Waals surface area contributed by atoms with Crippen LogP contribution in [0, 0.1) is 6.92 Å². The first-order valence-corrected chi connectivity index (χ1v) is 6.18. The largest absolute Gasteiger partial charge is 0.343 e. The Labute approximate surface area is 104 Å². The Hall–Kier alpha value is -1.35. The van der Waals surface area contributed by atoms with Crippen molar-refractivity contribution in [2.45, 2.75) is 33.2 Å². The monoisotopic (exact) mass is 234 g/mol. The van der Waals surface area contributed by atoms with Crippen LogP contribution < -0.4 is 5.73 Å². The molecule has 0 spiro atoms. The predicted octanol–water partition coefficient (Wildman–Crippen LogP) is 2.25. The lowest BCUT2D eigenvalue weighted by Crippen LogP contribution is -2.32. The second kappa shape index (κ2) is 6.40. The molecule has 1 atom stereocenters. The van der Waals surface area contributed by atoms with Gasteiger partial charge in [0.15, 0.2) is 0 Å². The Morgan fingerprint density at radius 1 is 1.35 bits per heavy atom. The molecule has 2 N–H and O–H groups in total. The third kappa shape index (κ3) is 3.86. The first kappa shape index (κ1) is 13.7. The van der Waals surface area contributed by atoms with Crippen molar-refractivity contribution in [1.82, 2.24) is 4.90 Å². The molecular formula is C14H22N2O. The first-order valence-electron chi connectivity index (χ1n) is 6.18. The smallest absolute Gasteiger partial charge is 0.224 e. The number of aryl methyl sites for hydroxylation is 1. The van der Waals surface area contributed by atoms with Gasteiger partial charge in [0.2, 0.25) is 5.91 Å². The second-order valence-corrected chi connectivity index (χ2v) is 4.29. The average Bonchev–Trinajstić information content (AvgIpc) is 2.30. The fourth-order valence-electron chi connectivity index (χ4n) is 1.91. The molecule has 3 nitrogen and oxygen atoms in total. The zero-order valence-electron chi connectivity index (χ0n) is 10.9. The quantitative estimate of drug-likeness (QED) is 0.849. The minimum absolute atomic E-state index is 0.129. The summed E-state index contributed by atoms with van der Waals surface area (Å²) in [4.78, 5) is 13.7. The summed E-state index contributed by atoms with van der Waals surface area (Å²) >= 11 is 0. The number of nitrogens with two attached hydrogens (primary N) is 1.